The summed E-state index contributed by atoms with van der Waals surface area (Å²) >= 11 is 0. The van der Waals surface area contributed by atoms with Crippen LogP contribution in [0.4, 0.5) is 11.4 Å². The van der Waals surface area contributed by atoms with Gasteiger partial charge in [-0.05, 0) is 23.6 Å². The Balaban J connectivity index is 2.06. The standard InChI is InChI=1S/C17H12N2O7S/c20-16-13(18-17(21)11-4-1-5-12(9-11)19(22)23)8-7-10-3-2-6-14(15(10)16)27(24,25)26/h1-9,20H,(H,18,21)(H,24,25,26). The van der Waals surface area contributed by atoms with Crippen molar-refractivity contribution in [1.29, 1.82) is 0 Å². The maximum atomic E-state index is 12.3. The highest BCUT2D eigenvalue weighted by atomic mass is 32.2. The summed E-state index contributed by atoms with van der Waals surface area (Å²) in [6, 6.07) is 11.8. The number of nitrogens with zero attached hydrogens (tertiary/aromatic N) is 1. The van der Waals surface area contributed by atoms with Gasteiger partial charge in [-0.25, -0.2) is 0 Å². The normalized spacial score (nSPS) is 11.3. The van der Waals surface area contributed by atoms with Gasteiger partial charge in [-0.1, -0.05) is 24.3 Å². The number of hydrogen-bond donors (Lipinski definition) is 3. The van der Waals surface area contributed by atoms with Crippen LogP contribution >= 0.6 is 0 Å². The number of rotatable bonds is 4. The van der Waals surface area contributed by atoms with E-state index in [9.17, 15) is 33.0 Å². The van der Waals surface area contributed by atoms with Gasteiger partial charge in [0.05, 0.1) is 10.6 Å². The van der Waals surface area contributed by atoms with Gasteiger partial charge in [0.25, 0.3) is 21.7 Å². The molecule has 3 N–H and O–H groups in total. The van der Waals surface area contributed by atoms with Gasteiger partial charge < -0.3 is 10.4 Å². The lowest BCUT2D eigenvalue weighted by molar-refractivity contribution is -0.384. The second kappa shape index (κ2) is 6.67. The van der Waals surface area contributed by atoms with Crippen LogP contribution in [-0.2, 0) is 10.1 Å². The van der Waals surface area contributed by atoms with Gasteiger partial charge in [0.1, 0.15) is 10.6 Å². The predicted octanol–water partition coefficient (Wildman–Crippen LogP) is 2.95. The zero-order valence-electron chi connectivity index (χ0n) is 13.5. The van der Waals surface area contributed by atoms with Crippen LogP contribution in [0.5, 0.6) is 5.75 Å². The van der Waals surface area contributed by atoms with Gasteiger partial charge in [-0.15, -0.1) is 0 Å². The molecule has 0 aromatic heterocycles. The fourth-order valence-corrected chi connectivity index (χ4v) is 3.32. The first kappa shape index (κ1) is 18.3. The molecule has 0 aliphatic carbocycles. The van der Waals surface area contributed by atoms with Crippen molar-refractivity contribution in [3.8, 4) is 5.75 Å². The molecule has 0 saturated heterocycles. The molecular weight excluding hydrogens is 376 g/mol. The van der Waals surface area contributed by atoms with Crippen LogP contribution in [0.2, 0.25) is 0 Å². The van der Waals surface area contributed by atoms with Crippen LogP contribution in [0, 0.1) is 10.1 Å². The summed E-state index contributed by atoms with van der Waals surface area (Å²) in [5.41, 5.74) is -0.416. The molecule has 3 rings (SSSR count). The first-order chi connectivity index (χ1) is 12.7. The second-order valence-corrected chi connectivity index (χ2v) is 6.94. The molecule has 0 unspecified atom stereocenters. The molecule has 138 valence electrons. The lowest BCUT2D eigenvalue weighted by Gasteiger charge is -2.12. The van der Waals surface area contributed by atoms with Gasteiger partial charge in [-0.3, -0.25) is 19.5 Å². The Morgan fingerprint density at radius 2 is 1.78 bits per heavy atom. The van der Waals surface area contributed by atoms with Crippen LogP contribution in [0.15, 0.2) is 59.5 Å². The van der Waals surface area contributed by atoms with E-state index in [1.807, 2.05) is 0 Å². The third-order valence-electron chi connectivity index (χ3n) is 3.83. The molecule has 9 nitrogen and oxygen atoms in total. The quantitative estimate of drug-likeness (QED) is 0.269. The zero-order valence-corrected chi connectivity index (χ0v) is 14.3. The molecule has 0 atom stereocenters. The fourth-order valence-electron chi connectivity index (χ4n) is 2.60. The Kier molecular flexibility index (Phi) is 4.52. The maximum Gasteiger partial charge on any atom is 0.295 e. The summed E-state index contributed by atoms with van der Waals surface area (Å²) in [4.78, 5) is 22.0. The van der Waals surface area contributed by atoms with Crippen LogP contribution in [0.25, 0.3) is 10.8 Å². The van der Waals surface area contributed by atoms with Gasteiger partial charge >= 0.3 is 0 Å². The Morgan fingerprint density at radius 3 is 2.44 bits per heavy atom. The third-order valence-corrected chi connectivity index (χ3v) is 4.72. The minimum Gasteiger partial charge on any atom is -0.505 e. The van der Waals surface area contributed by atoms with E-state index in [2.05, 4.69) is 5.32 Å². The Bertz CT molecular complexity index is 1190. The highest BCUT2D eigenvalue weighted by molar-refractivity contribution is 7.86. The monoisotopic (exact) mass is 388 g/mol. The highest BCUT2D eigenvalue weighted by Crippen LogP contribution is 2.37. The number of carbonyl (C=O) groups excluding carboxylic acids is 1. The first-order valence-electron chi connectivity index (χ1n) is 7.46. The molecule has 0 aliphatic rings. The Morgan fingerprint density at radius 1 is 1.07 bits per heavy atom. The van der Waals surface area contributed by atoms with Crippen LogP contribution in [0.1, 0.15) is 10.4 Å². The molecule has 10 heteroatoms. The van der Waals surface area contributed by atoms with Crippen LogP contribution < -0.4 is 5.32 Å². The van der Waals surface area contributed by atoms with E-state index < -0.39 is 31.6 Å². The predicted molar refractivity (Wildman–Crippen MR) is 96.5 cm³/mol. The molecule has 1 amide bonds. The second-order valence-electron chi connectivity index (χ2n) is 5.55. The number of carbonyl (C=O) groups is 1. The molecule has 0 aliphatic heterocycles. The summed E-state index contributed by atoms with van der Waals surface area (Å²) in [6.07, 6.45) is 0. The number of hydrogen-bond acceptors (Lipinski definition) is 6. The number of nitro benzene ring substituents is 1. The van der Waals surface area contributed by atoms with Crippen LogP contribution in [0.3, 0.4) is 0 Å². The zero-order chi connectivity index (χ0) is 19.8. The Hall–Kier alpha value is -3.50. The lowest BCUT2D eigenvalue weighted by Crippen LogP contribution is -2.12. The number of nitro groups is 1. The third kappa shape index (κ3) is 3.57. The van der Waals surface area contributed by atoms with Gasteiger partial charge in [0.2, 0.25) is 0 Å². The number of nitrogens with one attached hydrogen (secondary N) is 1. The van der Waals surface area contributed by atoms with Crippen molar-refractivity contribution >= 4 is 38.2 Å². The minimum atomic E-state index is -4.61. The summed E-state index contributed by atoms with van der Waals surface area (Å²) in [5.74, 6) is -1.29. The molecule has 0 bridgehead atoms. The summed E-state index contributed by atoms with van der Waals surface area (Å²) in [7, 11) is -4.61. The molecular formula is C17H12N2O7S. The molecule has 3 aromatic carbocycles. The molecule has 0 radical (unpaired) electrons. The average molecular weight is 388 g/mol. The van der Waals surface area contributed by atoms with Crippen molar-refractivity contribution in [3.63, 3.8) is 0 Å². The number of amides is 1. The number of benzene rings is 3. The summed E-state index contributed by atoms with van der Waals surface area (Å²) in [6.45, 7) is 0. The fraction of sp³-hybridized carbons (Fsp3) is 0. The van der Waals surface area contributed by atoms with E-state index in [4.69, 9.17) is 0 Å². The molecule has 27 heavy (non-hydrogen) atoms. The van der Waals surface area contributed by atoms with E-state index >= 15 is 0 Å². The van der Waals surface area contributed by atoms with E-state index in [0.29, 0.717) is 5.39 Å². The molecule has 3 aromatic rings. The van der Waals surface area contributed by atoms with Crippen molar-refractivity contribution in [2.75, 3.05) is 5.32 Å². The smallest absolute Gasteiger partial charge is 0.295 e. The minimum absolute atomic E-state index is 0.0215. The number of anilines is 1. The maximum absolute atomic E-state index is 12.3. The van der Waals surface area contributed by atoms with Crippen molar-refractivity contribution in [3.05, 3.63) is 70.3 Å². The molecule has 0 heterocycles. The average Bonchev–Trinajstić information content (AvgIpc) is 2.63. The molecule has 0 fully saturated rings. The SMILES string of the molecule is O=C(Nc1ccc2cccc(S(=O)(=O)O)c2c1O)c1cccc([N+](=O)[O-])c1. The first-order valence-corrected chi connectivity index (χ1v) is 8.90. The molecule has 0 saturated carbocycles. The summed E-state index contributed by atoms with van der Waals surface area (Å²) < 4.78 is 32.5. The van der Waals surface area contributed by atoms with E-state index in [-0.39, 0.29) is 22.3 Å². The van der Waals surface area contributed by atoms with Crippen molar-refractivity contribution < 1.29 is 27.8 Å². The van der Waals surface area contributed by atoms with Crippen molar-refractivity contribution in [2.45, 2.75) is 4.90 Å². The van der Waals surface area contributed by atoms with Crippen molar-refractivity contribution in [2.24, 2.45) is 0 Å². The van der Waals surface area contributed by atoms with E-state index in [0.717, 1.165) is 12.1 Å². The van der Waals surface area contributed by atoms with E-state index in [1.165, 1.54) is 42.5 Å². The van der Waals surface area contributed by atoms with E-state index in [1.54, 1.807) is 0 Å². The van der Waals surface area contributed by atoms with Gasteiger partial charge in [-0.2, -0.15) is 8.42 Å². The number of fused-ring (bicyclic) bond motifs is 1. The van der Waals surface area contributed by atoms with Gasteiger partial charge in [0.15, 0.2) is 0 Å². The number of aromatic hydroxyl groups is 1. The molecule has 0 spiro atoms. The number of phenolic OH excluding ortho intramolecular Hbond substituents is 1. The van der Waals surface area contributed by atoms with Crippen molar-refractivity contribution in [1.82, 2.24) is 0 Å². The highest BCUT2D eigenvalue weighted by Gasteiger charge is 2.20. The summed E-state index contributed by atoms with van der Waals surface area (Å²) in [5, 5.41) is 23.8. The topological polar surface area (TPSA) is 147 Å². The lowest BCUT2D eigenvalue weighted by atomic mass is 10.1. The van der Waals surface area contributed by atoms with Gasteiger partial charge in [0, 0.05) is 23.1 Å². The number of phenols is 1. The number of non-ortho nitro benzene ring substituents is 1. The Labute approximate surface area is 152 Å². The van der Waals surface area contributed by atoms with Crippen LogP contribution in [-0.4, -0.2) is 28.9 Å². The largest absolute Gasteiger partial charge is 0.505 e.